The number of hydrogen-bond donors (Lipinski definition) is 1. The largest absolute Gasteiger partial charge is 0.486 e. The molecule has 0 aromatic carbocycles. The quantitative estimate of drug-likeness (QED) is 0.866. The van der Waals surface area contributed by atoms with Crippen molar-refractivity contribution in [3.8, 4) is 5.06 Å². The van der Waals surface area contributed by atoms with Crippen LogP contribution in [0.1, 0.15) is 10.8 Å². The molecule has 2 nitrogen and oxygen atoms in total. The van der Waals surface area contributed by atoms with Crippen LogP contribution in [0.25, 0.3) is 0 Å². The maximum Gasteiger partial charge on any atom is 0.188 e. The predicted molar refractivity (Wildman–Crippen MR) is 54.2 cm³/mol. The van der Waals surface area contributed by atoms with Crippen molar-refractivity contribution in [2.75, 3.05) is 20.2 Å². The Balaban J connectivity index is 2.21. The lowest BCUT2D eigenvalue weighted by Crippen LogP contribution is -2.39. The zero-order valence-electron chi connectivity index (χ0n) is 6.76. The first-order valence-electron chi connectivity index (χ1n) is 3.85. The van der Waals surface area contributed by atoms with Gasteiger partial charge in [0.25, 0.3) is 0 Å². The van der Waals surface area contributed by atoms with E-state index >= 15 is 0 Å². The predicted octanol–water partition coefficient (Wildman–Crippen LogP) is 2.21. The van der Waals surface area contributed by atoms with E-state index in [0.29, 0.717) is 5.92 Å². The van der Waals surface area contributed by atoms with E-state index in [-0.39, 0.29) is 0 Å². The molecule has 2 rings (SSSR count). The van der Waals surface area contributed by atoms with Gasteiger partial charge in [0.05, 0.1) is 11.6 Å². The van der Waals surface area contributed by atoms with Crippen molar-refractivity contribution < 1.29 is 4.74 Å². The topological polar surface area (TPSA) is 21.3 Å². The standard InChI is InChI=1S/C8H10BrNOS/c1-11-8-6(9)2-7(12-8)5-3-10-4-5/h2,5,10H,3-4H2,1H3. The molecule has 0 aliphatic carbocycles. The fourth-order valence-electron chi connectivity index (χ4n) is 1.20. The average Bonchev–Trinajstić information content (AvgIpc) is 2.27. The van der Waals surface area contributed by atoms with E-state index in [4.69, 9.17) is 4.74 Å². The van der Waals surface area contributed by atoms with Crippen LogP contribution in [0.15, 0.2) is 10.5 Å². The van der Waals surface area contributed by atoms with Gasteiger partial charge in [0.15, 0.2) is 5.06 Å². The number of nitrogens with one attached hydrogen (secondary N) is 1. The van der Waals surface area contributed by atoms with Gasteiger partial charge in [0, 0.05) is 23.9 Å². The second-order valence-corrected chi connectivity index (χ2v) is 4.74. The SMILES string of the molecule is COc1sc(C2CNC2)cc1Br. The van der Waals surface area contributed by atoms with Gasteiger partial charge in [0.2, 0.25) is 0 Å². The summed E-state index contributed by atoms with van der Waals surface area (Å²) in [6, 6.07) is 2.16. The molecule has 0 bridgehead atoms. The van der Waals surface area contributed by atoms with Gasteiger partial charge >= 0.3 is 0 Å². The minimum Gasteiger partial charge on any atom is -0.486 e. The van der Waals surface area contributed by atoms with E-state index in [9.17, 15) is 0 Å². The third-order valence-corrected chi connectivity index (χ3v) is 4.15. The van der Waals surface area contributed by atoms with Crippen molar-refractivity contribution >= 4 is 27.3 Å². The van der Waals surface area contributed by atoms with Crippen molar-refractivity contribution in [2.24, 2.45) is 0 Å². The zero-order valence-corrected chi connectivity index (χ0v) is 9.17. The first kappa shape index (κ1) is 8.53. The molecule has 4 heteroatoms. The lowest BCUT2D eigenvalue weighted by Gasteiger charge is -2.25. The molecule has 1 aliphatic heterocycles. The molecule has 0 unspecified atom stereocenters. The fourth-order valence-corrected chi connectivity index (χ4v) is 2.97. The Morgan fingerprint density at radius 1 is 1.67 bits per heavy atom. The van der Waals surface area contributed by atoms with Gasteiger partial charge in [0.1, 0.15) is 0 Å². The molecule has 1 aromatic heterocycles. The smallest absolute Gasteiger partial charge is 0.188 e. The number of hydrogen-bond acceptors (Lipinski definition) is 3. The lowest BCUT2D eigenvalue weighted by molar-refractivity contribution is 0.424. The Hall–Kier alpha value is -0.0600. The van der Waals surface area contributed by atoms with Crippen LogP contribution in [0.4, 0.5) is 0 Å². The summed E-state index contributed by atoms with van der Waals surface area (Å²) in [6.45, 7) is 2.21. The van der Waals surface area contributed by atoms with Gasteiger partial charge in [-0.05, 0) is 22.0 Å². The summed E-state index contributed by atoms with van der Waals surface area (Å²) >= 11 is 5.20. The lowest BCUT2D eigenvalue weighted by atomic mass is 10.0. The Morgan fingerprint density at radius 3 is 2.83 bits per heavy atom. The molecule has 1 aromatic rings. The summed E-state index contributed by atoms with van der Waals surface area (Å²) < 4.78 is 6.28. The minimum absolute atomic E-state index is 0.704. The molecule has 1 aliphatic rings. The zero-order chi connectivity index (χ0) is 8.55. The van der Waals surface area contributed by atoms with Gasteiger partial charge in [-0.15, -0.1) is 11.3 Å². The molecule has 0 spiro atoms. The van der Waals surface area contributed by atoms with Gasteiger partial charge in [-0.2, -0.15) is 0 Å². The van der Waals surface area contributed by atoms with Crippen molar-refractivity contribution in [3.05, 3.63) is 15.4 Å². The Morgan fingerprint density at radius 2 is 2.42 bits per heavy atom. The summed E-state index contributed by atoms with van der Waals surface area (Å²) in [5.74, 6) is 0.704. The molecule has 1 fully saturated rings. The number of ether oxygens (including phenoxy) is 1. The van der Waals surface area contributed by atoms with Gasteiger partial charge in [-0.3, -0.25) is 0 Å². The second kappa shape index (κ2) is 3.36. The molecule has 2 heterocycles. The third-order valence-electron chi connectivity index (χ3n) is 2.04. The molecule has 0 saturated carbocycles. The van der Waals surface area contributed by atoms with Crippen LogP contribution in [-0.4, -0.2) is 20.2 Å². The highest BCUT2D eigenvalue weighted by atomic mass is 79.9. The molecule has 0 amide bonds. The van der Waals surface area contributed by atoms with Crippen molar-refractivity contribution in [3.63, 3.8) is 0 Å². The van der Waals surface area contributed by atoms with Gasteiger partial charge in [-0.25, -0.2) is 0 Å². The molecule has 12 heavy (non-hydrogen) atoms. The van der Waals surface area contributed by atoms with Crippen molar-refractivity contribution in [1.82, 2.24) is 5.32 Å². The summed E-state index contributed by atoms with van der Waals surface area (Å²) in [5.41, 5.74) is 0. The van der Waals surface area contributed by atoms with Gasteiger partial charge in [-0.1, -0.05) is 0 Å². The molecular formula is C8H10BrNOS. The number of thiophene rings is 1. The normalized spacial score (nSPS) is 17.5. The maximum absolute atomic E-state index is 5.20. The highest BCUT2D eigenvalue weighted by Gasteiger charge is 2.22. The molecule has 1 N–H and O–H groups in total. The fraction of sp³-hybridized carbons (Fsp3) is 0.500. The third kappa shape index (κ3) is 1.39. The van der Waals surface area contributed by atoms with Crippen LogP contribution in [0.3, 0.4) is 0 Å². The Labute approximate surface area is 84.1 Å². The number of methoxy groups -OCH3 is 1. The van der Waals surface area contributed by atoms with E-state index in [1.165, 1.54) is 4.88 Å². The van der Waals surface area contributed by atoms with E-state index in [1.807, 2.05) is 0 Å². The number of rotatable bonds is 2. The molecular weight excluding hydrogens is 238 g/mol. The van der Waals surface area contributed by atoms with E-state index in [2.05, 4.69) is 27.3 Å². The molecule has 66 valence electrons. The highest BCUT2D eigenvalue weighted by Crippen LogP contribution is 2.39. The monoisotopic (exact) mass is 247 g/mol. The minimum atomic E-state index is 0.704. The summed E-state index contributed by atoms with van der Waals surface area (Å²) in [4.78, 5) is 1.41. The average molecular weight is 248 g/mol. The van der Waals surface area contributed by atoms with Gasteiger partial charge < -0.3 is 10.1 Å². The van der Waals surface area contributed by atoms with Crippen LogP contribution in [0.2, 0.25) is 0 Å². The van der Waals surface area contributed by atoms with E-state index < -0.39 is 0 Å². The Bertz CT molecular complexity index is 283. The summed E-state index contributed by atoms with van der Waals surface area (Å²) in [5, 5.41) is 4.24. The Kier molecular flexibility index (Phi) is 2.39. The van der Waals surface area contributed by atoms with Crippen LogP contribution in [0, 0.1) is 0 Å². The second-order valence-electron chi connectivity index (χ2n) is 2.84. The first-order chi connectivity index (χ1) is 5.81. The summed E-state index contributed by atoms with van der Waals surface area (Å²) in [6.07, 6.45) is 0. The first-order valence-corrected chi connectivity index (χ1v) is 5.46. The summed E-state index contributed by atoms with van der Waals surface area (Å²) in [7, 11) is 1.71. The molecule has 1 saturated heterocycles. The van der Waals surface area contributed by atoms with E-state index in [0.717, 1.165) is 22.6 Å². The maximum atomic E-state index is 5.20. The van der Waals surface area contributed by atoms with Crippen LogP contribution in [-0.2, 0) is 0 Å². The van der Waals surface area contributed by atoms with E-state index in [1.54, 1.807) is 18.4 Å². The highest BCUT2D eigenvalue weighted by molar-refractivity contribution is 9.10. The van der Waals surface area contributed by atoms with Crippen molar-refractivity contribution in [2.45, 2.75) is 5.92 Å². The van der Waals surface area contributed by atoms with Crippen LogP contribution in [0.5, 0.6) is 5.06 Å². The van der Waals surface area contributed by atoms with Crippen molar-refractivity contribution in [1.29, 1.82) is 0 Å². The number of halogens is 1. The van der Waals surface area contributed by atoms with Crippen LogP contribution < -0.4 is 10.1 Å². The van der Waals surface area contributed by atoms with Crippen LogP contribution >= 0.6 is 27.3 Å². The molecule has 0 radical (unpaired) electrons. The molecule has 0 atom stereocenters.